The molecule has 1 fully saturated rings. The van der Waals surface area contributed by atoms with Gasteiger partial charge in [0.2, 0.25) is 29.5 Å². The van der Waals surface area contributed by atoms with E-state index in [0.29, 0.717) is 19.4 Å². The van der Waals surface area contributed by atoms with Gasteiger partial charge in [-0.1, -0.05) is 166 Å². The third-order valence-corrected chi connectivity index (χ3v) is 11.5. The molecule has 1 aromatic rings. The first-order chi connectivity index (χ1) is 31.5. The summed E-state index contributed by atoms with van der Waals surface area (Å²) >= 11 is 0. The van der Waals surface area contributed by atoms with Crippen LogP contribution in [0.3, 0.4) is 0 Å². The number of rotatable bonds is 36. The van der Waals surface area contributed by atoms with Crippen molar-refractivity contribution in [2.45, 2.75) is 192 Å². The van der Waals surface area contributed by atoms with Crippen LogP contribution in [-0.4, -0.2) is 126 Å². The first-order valence-electron chi connectivity index (χ1n) is 24.5. The molecule has 6 amide bonds. The Kier molecular flexibility index (Phi) is 31.4. The highest BCUT2D eigenvalue weighted by atomic mass is 16.6. The van der Waals surface area contributed by atoms with E-state index in [1.54, 1.807) is 24.3 Å². The molecular formula is C48H82N6O11. The molecular weight excluding hydrogens is 837 g/mol. The van der Waals surface area contributed by atoms with Crippen LogP contribution in [0.25, 0.3) is 0 Å². The largest absolute Gasteiger partial charge is 0.445 e. The van der Waals surface area contributed by atoms with Crippen molar-refractivity contribution in [1.82, 2.24) is 31.5 Å². The lowest BCUT2D eigenvalue weighted by atomic mass is 9.94. The maximum Gasteiger partial charge on any atom is 0.407 e. The van der Waals surface area contributed by atoms with Gasteiger partial charge in [-0.15, -0.1) is 0 Å². The van der Waals surface area contributed by atoms with E-state index in [-0.39, 0.29) is 18.9 Å². The second-order valence-electron chi connectivity index (χ2n) is 17.1. The van der Waals surface area contributed by atoms with E-state index in [2.05, 4.69) is 40.4 Å². The topological polar surface area (TPSA) is 245 Å². The second kappa shape index (κ2) is 35.9. The number of alkyl carbamates (subject to hydrolysis) is 1. The molecule has 8 N–H and O–H groups in total. The monoisotopic (exact) mass is 919 g/mol. The summed E-state index contributed by atoms with van der Waals surface area (Å²) in [4.78, 5) is 77.5. The van der Waals surface area contributed by atoms with Gasteiger partial charge < -0.3 is 56.3 Å². The van der Waals surface area contributed by atoms with Crippen molar-refractivity contribution in [1.29, 1.82) is 0 Å². The molecule has 0 spiro atoms. The molecule has 0 saturated carbocycles. The highest BCUT2D eigenvalue weighted by Crippen LogP contribution is 2.26. The fourth-order valence-corrected chi connectivity index (χ4v) is 7.66. The Balaban J connectivity index is 1.90. The summed E-state index contributed by atoms with van der Waals surface area (Å²) in [5.41, 5.74) is 0.769. The molecule has 1 heterocycles. The molecule has 0 bridgehead atoms. The van der Waals surface area contributed by atoms with Gasteiger partial charge in [0.1, 0.15) is 37.5 Å². The summed E-state index contributed by atoms with van der Waals surface area (Å²) in [6, 6.07) is 7.68. The smallest absolute Gasteiger partial charge is 0.407 e. The summed E-state index contributed by atoms with van der Waals surface area (Å²) < 4.78 is 11.1. The highest BCUT2D eigenvalue weighted by Gasteiger charge is 2.48. The zero-order valence-electron chi connectivity index (χ0n) is 39.3. The first kappa shape index (κ1) is 56.8. The molecule has 1 aromatic carbocycles. The van der Waals surface area contributed by atoms with Crippen molar-refractivity contribution in [2.24, 2.45) is 0 Å². The summed E-state index contributed by atoms with van der Waals surface area (Å²) in [6.07, 6.45) is 17.2. The molecule has 65 heavy (non-hydrogen) atoms. The van der Waals surface area contributed by atoms with Gasteiger partial charge in [0.25, 0.3) is 0 Å². The number of carbonyl (C=O) groups excluding carboxylic acids is 6. The maximum atomic E-state index is 13.9. The molecule has 2 rings (SSSR count). The normalized spacial score (nSPS) is 18.0. The minimum absolute atomic E-state index is 0.0185. The molecule has 0 unspecified atom stereocenters. The lowest BCUT2D eigenvalue weighted by Gasteiger charge is -2.47. The van der Waals surface area contributed by atoms with E-state index < -0.39 is 93.1 Å². The molecule has 370 valence electrons. The number of nitrogens with zero attached hydrogens (tertiary/aromatic N) is 1. The lowest BCUT2D eigenvalue weighted by molar-refractivity contribution is -0.231. The summed E-state index contributed by atoms with van der Waals surface area (Å²) in [7, 11) is 0. The van der Waals surface area contributed by atoms with Gasteiger partial charge in [-0.2, -0.15) is 0 Å². The van der Waals surface area contributed by atoms with Crippen LogP contribution >= 0.6 is 0 Å². The van der Waals surface area contributed by atoms with Crippen molar-refractivity contribution >= 4 is 35.6 Å². The number of hydrogen-bond donors (Lipinski definition) is 8. The fourth-order valence-electron chi connectivity index (χ4n) is 7.66. The molecule has 1 aliphatic heterocycles. The number of aliphatic hydroxyl groups excluding tert-OH is 3. The number of nitrogens with one attached hydrogen (secondary N) is 5. The maximum absolute atomic E-state index is 13.9. The van der Waals surface area contributed by atoms with Gasteiger partial charge in [0, 0.05) is 13.0 Å². The Morgan fingerprint density at radius 3 is 1.52 bits per heavy atom. The van der Waals surface area contributed by atoms with Gasteiger partial charge in [-0.3, -0.25) is 24.0 Å². The van der Waals surface area contributed by atoms with Crippen molar-refractivity contribution < 1.29 is 53.6 Å². The molecule has 17 heteroatoms. The number of ether oxygens (including phenoxy) is 2. The lowest BCUT2D eigenvalue weighted by Crippen LogP contribution is -2.69. The van der Waals surface area contributed by atoms with Crippen LogP contribution in [0, 0.1) is 0 Å². The SMILES string of the molecule is CCCCCCCCCCCCCCN(C(=O)CCCCCCCCCCC)[C@@H]1O[C@H](CO)[C@@H](O)[C@H](O)[C@H]1NC(=O)CNC(=O)CNC(=O)CNC(=O)CNC(=O)OCc1ccccc1. The Bertz CT molecular complexity index is 1490. The average Bonchev–Trinajstić information content (AvgIpc) is 3.31. The van der Waals surface area contributed by atoms with Crippen molar-refractivity contribution in [3.8, 4) is 0 Å². The van der Waals surface area contributed by atoms with Crippen molar-refractivity contribution in [2.75, 3.05) is 39.3 Å². The molecule has 17 nitrogen and oxygen atoms in total. The van der Waals surface area contributed by atoms with E-state index in [0.717, 1.165) is 50.5 Å². The highest BCUT2D eigenvalue weighted by molar-refractivity contribution is 5.90. The minimum Gasteiger partial charge on any atom is -0.445 e. The van der Waals surface area contributed by atoms with Crippen LogP contribution in [0.15, 0.2) is 30.3 Å². The summed E-state index contributed by atoms with van der Waals surface area (Å²) in [6.45, 7) is 2.07. The second-order valence-corrected chi connectivity index (χ2v) is 17.1. The van der Waals surface area contributed by atoms with Crippen LogP contribution in [-0.2, 0) is 40.1 Å². The predicted molar refractivity (Wildman–Crippen MR) is 248 cm³/mol. The molecule has 1 aliphatic rings. The van der Waals surface area contributed by atoms with Crippen molar-refractivity contribution in [3.05, 3.63) is 35.9 Å². The average molecular weight is 919 g/mol. The number of unbranched alkanes of at least 4 members (excludes halogenated alkanes) is 19. The zero-order chi connectivity index (χ0) is 47.5. The van der Waals surface area contributed by atoms with Crippen LogP contribution in [0.5, 0.6) is 0 Å². The van der Waals surface area contributed by atoms with Gasteiger partial charge in [-0.25, -0.2) is 4.79 Å². The van der Waals surface area contributed by atoms with Crippen molar-refractivity contribution in [3.63, 3.8) is 0 Å². The van der Waals surface area contributed by atoms with Gasteiger partial charge in [-0.05, 0) is 18.4 Å². The third-order valence-electron chi connectivity index (χ3n) is 11.5. The van der Waals surface area contributed by atoms with Gasteiger partial charge in [0.15, 0.2) is 6.23 Å². The summed E-state index contributed by atoms with van der Waals surface area (Å²) in [5, 5.41) is 44.1. The summed E-state index contributed by atoms with van der Waals surface area (Å²) in [5.74, 6) is -3.07. The van der Waals surface area contributed by atoms with E-state index in [4.69, 9.17) is 9.47 Å². The van der Waals surface area contributed by atoms with Crippen LogP contribution in [0.1, 0.15) is 161 Å². The fraction of sp³-hybridized carbons (Fsp3) is 0.750. The molecule has 5 atom stereocenters. The van der Waals surface area contributed by atoms with E-state index in [9.17, 15) is 44.1 Å². The minimum atomic E-state index is -1.61. The standard InChI is InChI=1S/C48H82N6O11/c1-3-5-7-9-11-13-14-15-17-19-21-26-30-54(43(60)29-25-20-18-16-12-10-8-6-4-2)47-44(46(62)45(61)38(35-55)65-47)53-42(59)34-51-40(57)32-49-39(56)31-50-41(58)33-52-48(63)64-36-37-27-23-22-24-28-37/h22-24,27-28,38,44-47,55,61-62H,3-21,25-26,29-36H2,1-2H3,(H,49,56)(H,50,58)(H,51,57)(H,52,63)(H,53,59)/t38-,44-,45-,46-,47-/m1/s1. The molecule has 1 saturated heterocycles. The Labute approximate surface area is 387 Å². The Morgan fingerprint density at radius 2 is 1.03 bits per heavy atom. The van der Waals surface area contributed by atoms with Crippen LogP contribution < -0.4 is 26.6 Å². The molecule has 0 aliphatic carbocycles. The van der Waals surface area contributed by atoms with E-state index in [1.165, 1.54) is 81.9 Å². The zero-order valence-corrected chi connectivity index (χ0v) is 39.3. The number of carbonyl (C=O) groups is 6. The third kappa shape index (κ3) is 25.8. The number of hydrogen-bond acceptors (Lipinski definition) is 11. The first-order valence-corrected chi connectivity index (χ1v) is 24.5. The Morgan fingerprint density at radius 1 is 0.585 bits per heavy atom. The van der Waals surface area contributed by atoms with Gasteiger partial charge >= 0.3 is 6.09 Å². The van der Waals surface area contributed by atoms with Gasteiger partial charge in [0.05, 0.1) is 26.2 Å². The number of aliphatic hydroxyl groups is 3. The van der Waals surface area contributed by atoms with E-state index >= 15 is 0 Å². The van der Waals surface area contributed by atoms with Crippen LogP contribution in [0.2, 0.25) is 0 Å². The molecule has 0 aromatic heterocycles. The quantitative estimate of drug-likeness (QED) is 0.0431. The Hall–Kier alpha value is -4.32. The van der Waals surface area contributed by atoms with E-state index in [1.807, 2.05) is 6.07 Å². The number of benzene rings is 1. The predicted octanol–water partition coefficient (Wildman–Crippen LogP) is 4.64. The number of amides is 6. The molecule has 0 radical (unpaired) electrons. The van der Waals surface area contributed by atoms with Crippen LogP contribution in [0.4, 0.5) is 4.79 Å².